The molecule has 3 heteroatoms. The van der Waals surface area contributed by atoms with Crippen molar-refractivity contribution in [1.29, 1.82) is 0 Å². The smallest absolute Gasteiger partial charge is 0.261 e. The van der Waals surface area contributed by atoms with E-state index >= 15 is 0 Å². The summed E-state index contributed by atoms with van der Waals surface area (Å²) < 4.78 is 25.8. The minimum Gasteiger partial charge on any atom is -0.297 e. The topological polar surface area (TPSA) is 3.24 Å². The van der Waals surface area contributed by atoms with Gasteiger partial charge in [0.2, 0.25) is 0 Å². The van der Waals surface area contributed by atoms with Crippen LogP contribution in [0.2, 0.25) is 0 Å². The number of rotatable bonds is 5. The zero-order valence-electron chi connectivity index (χ0n) is 9.23. The maximum absolute atomic E-state index is 12.9. The Morgan fingerprint density at radius 2 is 2.07 bits per heavy atom. The highest BCUT2D eigenvalue weighted by molar-refractivity contribution is 4.82. The minimum atomic E-state index is -2.43. The van der Waals surface area contributed by atoms with Gasteiger partial charge in [-0.25, -0.2) is 8.78 Å². The first-order valence-electron chi connectivity index (χ1n) is 5.67. The Morgan fingerprint density at radius 3 is 2.50 bits per heavy atom. The molecular formula is C11H21F2N. The quantitative estimate of drug-likeness (QED) is 0.666. The van der Waals surface area contributed by atoms with Crippen LogP contribution in [-0.2, 0) is 0 Å². The molecule has 0 bridgehead atoms. The SMILES string of the molecule is CCCC(CC)CN1CCC(F)(F)C1. The van der Waals surface area contributed by atoms with Gasteiger partial charge in [0.15, 0.2) is 0 Å². The van der Waals surface area contributed by atoms with Gasteiger partial charge in [-0.05, 0) is 12.3 Å². The number of hydrogen-bond acceptors (Lipinski definition) is 1. The van der Waals surface area contributed by atoms with Gasteiger partial charge in [-0.3, -0.25) is 4.90 Å². The van der Waals surface area contributed by atoms with Crippen molar-refractivity contribution in [2.75, 3.05) is 19.6 Å². The fourth-order valence-electron chi connectivity index (χ4n) is 2.16. The van der Waals surface area contributed by atoms with Gasteiger partial charge in [0.25, 0.3) is 5.92 Å². The number of halogens is 2. The normalized spacial score (nSPS) is 24.0. The van der Waals surface area contributed by atoms with E-state index in [0.717, 1.165) is 19.4 Å². The van der Waals surface area contributed by atoms with Crippen molar-refractivity contribution in [2.24, 2.45) is 5.92 Å². The van der Waals surface area contributed by atoms with Crippen LogP contribution >= 0.6 is 0 Å². The fraction of sp³-hybridized carbons (Fsp3) is 1.00. The third-order valence-corrected chi connectivity index (χ3v) is 3.04. The monoisotopic (exact) mass is 205 g/mol. The van der Waals surface area contributed by atoms with Crippen LogP contribution in [0.5, 0.6) is 0 Å². The molecule has 0 aromatic heterocycles. The number of hydrogen-bond donors (Lipinski definition) is 0. The van der Waals surface area contributed by atoms with Crippen molar-refractivity contribution in [1.82, 2.24) is 4.90 Å². The highest BCUT2D eigenvalue weighted by Crippen LogP contribution is 2.28. The third-order valence-electron chi connectivity index (χ3n) is 3.04. The Hall–Kier alpha value is -0.180. The molecule has 1 rings (SSSR count). The average Bonchev–Trinajstić information content (AvgIpc) is 2.45. The lowest BCUT2D eigenvalue weighted by molar-refractivity contribution is 0.0107. The summed E-state index contributed by atoms with van der Waals surface area (Å²) in [4.78, 5) is 1.92. The van der Waals surface area contributed by atoms with E-state index in [2.05, 4.69) is 13.8 Å². The van der Waals surface area contributed by atoms with Gasteiger partial charge in [-0.1, -0.05) is 26.7 Å². The molecule has 14 heavy (non-hydrogen) atoms. The molecule has 1 aliphatic heterocycles. The number of nitrogens with zero attached hydrogens (tertiary/aromatic N) is 1. The summed E-state index contributed by atoms with van der Waals surface area (Å²) in [6.07, 6.45) is 3.48. The summed E-state index contributed by atoms with van der Waals surface area (Å²) in [6, 6.07) is 0. The molecule has 1 saturated heterocycles. The van der Waals surface area contributed by atoms with E-state index in [4.69, 9.17) is 0 Å². The molecule has 0 spiro atoms. The number of alkyl halides is 2. The second-order valence-electron chi connectivity index (χ2n) is 4.40. The molecule has 0 amide bonds. The summed E-state index contributed by atoms with van der Waals surface area (Å²) in [5, 5.41) is 0. The lowest BCUT2D eigenvalue weighted by Gasteiger charge is -2.22. The molecule has 1 aliphatic rings. The first-order valence-corrected chi connectivity index (χ1v) is 5.67. The van der Waals surface area contributed by atoms with Crippen LogP contribution in [0.15, 0.2) is 0 Å². The van der Waals surface area contributed by atoms with Gasteiger partial charge in [0.1, 0.15) is 0 Å². The Morgan fingerprint density at radius 1 is 1.36 bits per heavy atom. The van der Waals surface area contributed by atoms with Crippen LogP contribution in [0, 0.1) is 5.92 Å². The Kier molecular flexibility index (Phi) is 4.30. The molecule has 0 saturated carbocycles. The number of likely N-dealkylation sites (tertiary alicyclic amines) is 1. The van der Waals surface area contributed by atoms with Gasteiger partial charge in [0, 0.05) is 19.5 Å². The zero-order valence-corrected chi connectivity index (χ0v) is 9.23. The van der Waals surface area contributed by atoms with Crippen molar-refractivity contribution in [3.05, 3.63) is 0 Å². The van der Waals surface area contributed by atoms with Crippen LogP contribution in [0.1, 0.15) is 39.5 Å². The van der Waals surface area contributed by atoms with E-state index in [0.29, 0.717) is 12.5 Å². The lowest BCUT2D eigenvalue weighted by Crippen LogP contribution is -2.30. The van der Waals surface area contributed by atoms with E-state index in [1.807, 2.05) is 4.90 Å². The molecule has 1 heterocycles. The molecule has 0 N–H and O–H groups in total. The van der Waals surface area contributed by atoms with Gasteiger partial charge in [-0.15, -0.1) is 0 Å². The maximum Gasteiger partial charge on any atom is 0.261 e. The second-order valence-corrected chi connectivity index (χ2v) is 4.40. The minimum absolute atomic E-state index is 0.0206. The maximum atomic E-state index is 12.9. The van der Waals surface area contributed by atoms with Crippen LogP contribution in [-0.4, -0.2) is 30.5 Å². The average molecular weight is 205 g/mol. The summed E-state index contributed by atoms with van der Waals surface area (Å²) in [5.74, 6) is -1.82. The molecule has 1 nitrogen and oxygen atoms in total. The predicted octanol–water partition coefficient (Wildman–Crippen LogP) is 3.15. The first kappa shape index (κ1) is 11.9. The summed E-state index contributed by atoms with van der Waals surface area (Å²) in [7, 11) is 0. The van der Waals surface area contributed by atoms with Crippen molar-refractivity contribution >= 4 is 0 Å². The van der Waals surface area contributed by atoms with E-state index in [1.54, 1.807) is 0 Å². The molecular weight excluding hydrogens is 184 g/mol. The van der Waals surface area contributed by atoms with Crippen LogP contribution < -0.4 is 0 Å². The highest BCUT2D eigenvalue weighted by atomic mass is 19.3. The van der Waals surface area contributed by atoms with E-state index in [9.17, 15) is 8.78 Å². The van der Waals surface area contributed by atoms with Gasteiger partial charge < -0.3 is 0 Å². The Balaban J connectivity index is 2.30. The van der Waals surface area contributed by atoms with E-state index in [1.165, 1.54) is 6.42 Å². The molecule has 0 aromatic carbocycles. The fourth-order valence-corrected chi connectivity index (χ4v) is 2.16. The molecule has 0 aromatic rings. The summed E-state index contributed by atoms with van der Waals surface area (Å²) in [6.45, 7) is 5.72. The summed E-state index contributed by atoms with van der Waals surface area (Å²) >= 11 is 0. The van der Waals surface area contributed by atoms with Crippen molar-refractivity contribution in [3.8, 4) is 0 Å². The molecule has 0 radical (unpaired) electrons. The third kappa shape index (κ3) is 3.52. The summed E-state index contributed by atoms with van der Waals surface area (Å²) in [5.41, 5.74) is 0. The van der Waals surface area contributed by atoms with Crippen LogP contribution in [0.3, 0.4) is 0 Å². The Bertz CT molecular complexity index is 171. The van der Waals surface area contributed by atoms with Crippen LogP contribution in [0.4, 0.5) is 8.78 Å². The molecule has 0 aliphatic carbocycles. The van der Waals surface area contributed by atoms with E-state index < -0.39 is 5.92 Å². The van der Waals surface area contributed by atoms with Gasteiger partial charge in [0.05, 0.1) is 6.54 Å². The standard InChI is InChI=1S/C11H21F2N/c1-3-5-10(4-2)8-14-7-6-11(12,13)9-14/h10H,3-9H2,1-2H3. The Labute approximate surface area is 85.5 Å². The predicted molar refractivity (Wildman–Crippen MR) is 54.7 cm³/mol. The van der Waals surface area contributed by atoms with Gasteiger partial charge in [-0.2, -0.15) is 0 Å². The zero-order chi connectivity index (χ0) is 10.6. The first-order chi connectivity index (χ1) is 6.57. The molecule has 1 fully saturated rings. The van der Waals surface area contributed by atoms with Crippen molar-refractivity contribution in [2.45, 2.75) is 45.5 Å². The van der Waals surface area contributed by atoms with Crippen LogP contribution in [0.25, 0.3) is 0 Å². The second kappa shape index (κ2) is 5.06. The van der Waals surface area contributed by atoms with Crippen molar-refractivity contribution in [3.63, 3.8) is 0 Å². The van der Waals surface area contributed by atoms with Gasteiger partial charge >= 0.3 is 0 Å². The van der Waals surface area contributed by atoms with E-state index in [-0.39, 0.29) is 13.0 Å². The molecule has 84 valence electrons. The largest absolute Gasteiger partial charge is 0.297 e. The molecule has 1 unspecified atom stereocenters. The molecule has 1 atom stereocenters. The highest BCUT2D eigenvalue weighted by Gasteiger charge is 2.38. The lowest BCUT2D eigenvalue weighted by atomic mass is 10.0. The van der Waals surface area contributed by atoms with Crippen molar-refractivity contribution < 1.29 is 8.78 Å².